The zero-order valence-electron chi connectivity index (χ0n) is 11.3. The third-order valence-corrected chi connectivity index (χ3v) is 5.52. The Hall–Kier alpha value is -0.260. The molecule has 2 rings (SSSR count). The van der Waals surface area contributed by atoms with Crippen molar-refractivity contribution in [3.63, 3.8) is 0 Å². The molecule has 0 unspecified atom stereocenters. The summed E-state index contributed by atoms with van der Waals surface area (Å²) in [5.74, 6) is 0.192. The number of carbonyl (C=O) groups excluding carboxylic acids is 1. The molecule has 1 aliphatic carbocycles. The summed E-state index contributed by atoms with van der Waals surface area (Å²) >= 11 is 1.91. The third-order valence-electron chi connectivity index (χ3n) is 4.11. The van der Waals surface area contributed by atoms with Gasteiger partial charge in [0.05, 0.1) is 6.54 Å². The predicted molar refractivity (Wildman–Crippen MR) is 77.0 cm³/mol. The van der Waals surface area contributed by atoms with Gasteiger partial charge in [-0.15, -0.1) is 0 Å². The summed E-state index contributed by atoms with van der Waals surface area (Å²) < 4.78 is 0.343. The number of thioether (sulfide) groups is 1. The molecule has 2 fully saturated rings. The lowest BCUT2D eigenvalue weighted by Crippen LogP contribution is -2.48. The first kappa shape index (κ1) is 14.2. The summed E-state index contributed by atoms with van der Waals surface area (Å²) in [6.45, 7) is 5.51. The molecule has 0 aromatic carbocycles. The molecule has 0 spiro atoms. The van der Waals surface area contributed by atoms with Gasteiger partial charge >= 0.3 is 0 Å². The first-order valence-electron chi connectivity index (χ1n) is 6.99. The fraction of sp³-hybridized carbons (Fsp3) is 0.923. The van der Waals surface area contributed by atoms with E-state index in [1.54, 1.807) is 0 Å². The van der Waals surface area contributed by atoms with E-state index in [4.69, 9.17) is 0 Å². The van der Waals surface area contributed by atoms with Crippen molar-refractivity contribution < 1.29 is 4.79 Å². The molecule has 2 aliphatic rings. The number of hydrogen-bond donors (Lipinski definition) is 2. The van der Waals surface area contributed by atoms with E-state index < -0.39 is 0 Å². The minimum Gasteiger partial charge on any atom is -0.354 e. The summed E-state index contributed by atoms with van der Waals surface area (Å²) in [4.78, 5) is 14.2. The van der Waals surface area contributed by atoms with Crippen molar-refractivity contribution in [1.29, 1.82) is 0 Å². The highest BCUT2D eigenvalue weighted by Crippen LogP contribution is 2.42. The van der Waals surface area contributed by atoms with E-state index in [1.807, 2.05) is 11.8 Å². The van der Waals surface area contributed by atoms with Gasteiger partial charge in [0.25, 0.3) is 0 Å². The highest BCUT2D eigenvalue weighted by atomic mass is 32.2. The summed E-state index contributed by atoms with van der Waals surface area (Å²) in [6, 6.07) is 0. The lowest BCUT2D eigenvalue weighted by molar-refractivity contribution is -0.122. The van der Waals surface area contributed by atoms with Crippen LogP contribution in [0.2, 0.25) is 0 Å². The minimum absolute atomic E-state index is 0.192. The Kier molecular flexibility index (Phi) is 5.33. The smallest absolute Gasteiger partial charge is 0.234 e. The number of amides is 1. The quantitative estimate of drug-likeness (QED) is 0.772. The standard InChI is InChI=1S/C13H25N3OS/c1-18-13(4-2-5-13)11-15-12(17)10-16-8-3-6-14-7-9-16/h14H,2-11H2,1H3,(H,15,17). The van der Waals surface area contributed by atoms with Gasteiger partial charge in [0.2, 0.25) is 5.91 Å². The van der Waals surface area contributed by atoms with Gasteiger partial charge in [-0.05, 0) is 38.6 Å². The Morgan fingerprint density at radius 2 is 2.17 bits per heavy atom. The molecule has 0 aromatic rings. The Balaban J connectivity index is 1.68. The SMILES string of the molecule is CSC1(CNC(=O)CN2CCCNCC2)CCC1. The van der Waals surface area contributed by atoms with Gasteiger partial charge in [-0.1, -0.05) is 6.42 Å². The Bertz CT molecular complexity index is 268. The maximum absolute atomic E-state index is 11.9. The van der Waals surface area contributed by atoms with Gasteiger partial charge in [0, 0.05) is 24.4 Å². The molecule has 0 aromatic heterocycles. The molecule has 1 aliphatic heterocycles. The van der Waals surface area contributed by atoms with Crippen LogP contribution in [0.5, 0.6) is 0 Å². The van der Waals surface area contributed by atoms with Crippen LogP contribution >= 0.6 is 11.8 Å². The second-order valence-corrected chi connectivity index (χ2v) is 6.67. The molecule has 1 saturated carbocycles. The number of carbonyl (C=O) groups is 1. The molecule has 104 valence electrons. The monoisotopic (exact) mass is 271 g/mol. The Morgan fingerprint density at radius 1 is 1.33 bits per heavy atom. The highest BCUT2D eigenvalue weighted by Gasteiger charge is 2.36. The van der Waals surface area contributed by atoms with Crippen LogP contribution in [-0.4, -0.2) is 61.1 Å². The maximum atomic E-state index is 11.9. The topological polar surface area (TPSA) is 44.4 Å². The normalized spacial score (nSPS) is 24.1. The highest BCUT2D eigenvalue weighted by molar-refractivity contribution is 8.00. The average molecular weight is 271 g/mol. The van der Waals surface area contributed by atoms with Crippen LogP contribution in [0.4, 0.5) is 0 Å². The van der Waals surface area contributed by atoms with Crippen LogP contribution in [0.25, 0.3) is 0 Å². The van der Waals surface area contributed by atoms with Crippen molar-refractivity contribution in [3.8, 4) is 0 Å². The summed E-state index contributed by atoms with van der Waals surface area (Å²) in [5, 5.41) is 6.48. The molecule has 5 heteroatoms. The van der Waals surface area contributed by atoms with Crippen molar-refractivity contribution >= 4 is 17.7 Å². The second kappa shape index (κ2) is 6.78. The average Bonchev–Trinajstić information content (AvgIpc) is 2.57. The Morgan fingerprint density at radius 3 is 2.83 bits per heavy atom. The van der Waals surface area contributed by atoms with Crippen molar-refractivity contribution in [2.24, 2.45) is 0 Å². The predicted octanol–water partition coefficient (Wildman–Crippen LogP) is 0.684. The number of rotatable bonds is 5. The van der Waals surface area contributed by atoms with E-state index in [0.717, 1.165) is 39.1 Å². The van der Waals surface area contributed by atoms with Gasteiger partial charge in [-0.2, -0.15) is 11.8 Å². The first-order valence-corrected chi connectivity index (χ1v) is 8.21. The van der Waals surface area contributed by atoms with Gasteiger partial charge in [-0.25, -0.2) is 0 Å². The van der Waals surface area contributed by atoms with Gasteiger partial charge in [0.1, 0.15) is 0 Å². The van der Waals surface area contributed by atoms with Crippen LogP contribution in [0.15, 0.2) is 0 Å². The molecule has 1 heterocycles. The lowest BCUT2D eigenvalue weighted by atomic mass is 9.84. The van der Waals surface area contributed by atoms with Crippen LogP contribution in [0.3, 0.4) is 0 Å². The molecule has 18 heavy (non-hydrogen) atoms. The molecule has 0 atom stereocenters. The summed E-state index contributed by atoms with van der Waals surface area (Å²) in [7, 11) is 0. The second-order valence-electron chi connectivity index (χ2n) is 5.40. The number of nitrogens with zero attached hydrogens (tertiary/aromatic N) is 1. The molecule has 0 bridgehead atoms. The molecule has 1 saturated heterocycles. The van der Waals surface area contributed by atoms with E-state index in [-0.39, 0.29) is 5.91 Å². The molecular weight excluding hydrogens is 246 g/mol. The van der Waals surface area contributed by atoms with Crippen LogP contribution in [0, 0.1) is 0 Å². The van der Waals surface area contributed by atoms with E-state index in [2.05, 4.69) is 21.8 Å². The number of nitrogens with one attached hydrogen (secondary N) is 2. The first-order chi connectivity index (χ1) is 8.74. The zero-order chi connectivity index (χ0) is 12.8. The summed E-state index contributed by atoms with van der Waals surface area (Å²) in [5.41, 5.74) is 0. The Labute approximate surface area is 114 Å². The van der Waals surface area contributed by atoms with Gasteiger partial charge in [0.15, 0.2) is 0 Å². The zero-order valence-corrected chi connectivity index (χ0v) is 12.2. The van der Waals surface area contributed by atoms with Crippen LogP contribution in [-0.2, 0) is 4.79 Å². The van der Waals surface area contributed by atoms with E-state index in [9.17, 15) is 4.79 Å². The van der Waals surface area contributed by atoms with E-state index in [0.29, 0.717) is 11.3 Å². The molecule has 2 N–H and O–H groups in total. The lowest BCUT2D eigenvalue weighted by Gasteiger charge is -2.40. The third kappa shape index (κ3) is 3.87. The van der Waals surface area contributed by atoms with Crippen molar-refractivity contribution in [2.45, 2.75) is 30.4 Å². The maximum Gasteiger partial charge on any atom is 0.234 e. The largest absolute Gasteiger partial charge is 0.354 e. The van der Waals surface area contributed by atoms with Gasteiger partial charge < -0.3 is 10.6 Å². The molecule has 1 amide bonds. The van der Waals surface area contributed by atoms with Crippen molar-refractivity contribution in [3.05, 3.63) is 0 Å². The fourth-order valence-corrected chi connectivity index (χ4v) is 3.52. The van der Waals surface area contributed by atoms with E-state index in [1.165, 1.54) is 19.3 Å². The molecule has 4 nitrogen and oxygen atoms in total. The molecular formula is C13H25N3OS. The number of hydrogen-bond acceptors (Lipinski definition) is 4. The van der Waals surface area contributed by atoms with Gasteiger partial charge in [-0.3, -0.25) is 9.69 Å². The van der Waals surface area contributed by atoms with Crippen LogP contribution < -0.4 is 10.6 Å². The van der Waals surface area contributed by atoms with Crippen molar-refractivity contribution in [1.82, 2.24) is 15.5 Å². The summed E-state index contributed by atoms with van der Waals surface area (Å²) in [6.07, 6.45) is 7.12. The van der Waals surface area contributed by atoms with Crippen LogP contribution in [0.1, 0.15) is 25.7 Å². The van der Waals surface area contributed by atoms with E-state index >= 15 is 0 Å². The molecule has 0 radical (unpaired) electrons. The minimum atomic E-state index is 0.192. The fourth-order valence-electron chi connectivity index (χ4n) is 2.60. The van der Waals surface area contributed by atoms with Crippen molar-refractivity contribution in [2.75, 3.05) is 45.5 Å².